The average Bonchev–Trinajstić information content (AvgIpc) is 2.53. The molecule has 1 saturated heterocycles. The van der Waals surface area contributed by atoms with Crippen LogP contribution in [0.1, 0.15) is 40.0 Å². The van der Waals surface area contributed by atoms with Crippen LogP contribution in [0.4, 0.5) is 11.6 Å². The van der Waals surface area contributed by atoms with Gasteiger partial charge in [-0.25, -0.2) is 0 Å². The van der Waals surface area contributed by atoms with Crippen molar-refractivity contribution < 1.29 is 9.53 Å². The van der Waals surface area contributed by atoms with E-state index in [0.29, 0.717) is 15.9 Å². The van der Waals surface area contributed by atoms with E-state index in [1.165, 1.54) is 0 Å². The second-order valence-corrected chi connectivity index (χ2v) is 14.0. The molecule has 3 rings (SSSR count). The van der Waals surface area contributed by atoms with Gasteiger partial charge in [-0.05, 0) is 0 Å². The van der Waals surface area contributed by atoms with E-state index >= 15 is 0 Å². The van der Waals surface area contributed by atoms with Gasteiger partial charge in [-0.3, -0.25) is 0 Å². The summed E-state index contributed by atoms with van der Waals surface area (Å²) in [5.41, 5.74) is 0. The molecule has 3 heterocycles. The van der Waals surface area contributed by atoms with E-state index in [2.05, 4.69) is 31.1 Å². The fourth-order valence-corrected chi connectivity index (χ4v) is 6.11. The van der Waals surface area contributed by atoms with Gasteiger partial charge in [0.15, 0.2) is 0 Å². The van der Waals surface area contributed by atoms with Crippen molar-refractivity contribution in [3.63, 3.8) is 0 Å². The molecule has 0 saturated carbocycles. The Morgan fingerprint density at radius 2 is 2.12 bits per heavy atom. The van der Waals surface area contributed by atoms with Crippen LogP contribution in [0.15, 0.2) is 6.20 Å². The number of rotatable bonds is 4. The van der Waals surface area contributed by atoms with Crippen molar-refractivity contribution in [1.29, 1.82) is 0 Å². The monoisotopic (exact) mass is 438 g/mol. The van der Waals surface area contributed by atoms with Crippen molar-refractivity contribution in [3.05, 3.63) is 6.20 Å². The van der Waals surface area contributed by atoms with Gasteiger partial charge in [0.05, 0.1) is 0 Å². The van der Waals surface area contributed by atoms with Crippen molar-refractivity contribution >= 4 is 42.4 Å². The zero-order chi connectivity index (χ0) is 17.2. The first-order valence-corrected chi connectivity index (χ1v) is 11.5. The number of nitrogens with zero attached hydrogens (tertiary/aromatic N) is 3. The molecule has 1 fully saturated rings. The molecule has 0 atom stereocenters. The van der Waals surface area contributed by atoms with Gasteiger partial charge < -0.3 is 0 Å². The molecule has 1 amide bonds. The molecule has 0 unspecified atom stereocenters. The average molecular weight is 437 g/mol. The van der Waals surface area contributed by atoms with E-state index in [9.17, 15) is 4.79 Å². The van der Waals surface area contributed by atoms with E-state index in [4.69, 9.17) is 9.72 Å². The van der Waals surface area contributed by atoms with Crippen LogP contribution in [0.25, 0.3) is 0 Å². The number of fused-ring (bicyclic) bond motifs is 1. The SMILES string of the molecule is C[C](C)(C)[Sn][c]1cnc2c(n1)N(CCC1CCOCC1)C(=O)CN2. The molecule has 1 N–H and O–H groups in total. The number of ether oxygens (including phenoxy) is 1. The van der Waals surface area contributed by atoms with Gasteiger partial charge in [0, 0.05) is 0 Å². The second kappa shape index (κ2) is 7.56. The summed E-state index contributed by atoms with van der Waals surface area (Å²) in [6.45, 7) is 9.51. The van der Waals surface area contributed by atoms with Crippen molar-refractivity contribution in [2.45, 2.75) is 43.5 Å². The Kier molecular flexibility index (Phi) is 5.64. The van der Waals surface area contributed by atoms with Crippen LogP contribution in [0.5, 0.6) is 0 Å². The van der Waals surface area contributed by atoms with E-state index in [1.807, 2.05) is 11.1 Å². The third-order valence-corrected chi connectivity index (χ3v) is 7.88. The van der Waals surface area contributed by atoms with Gasteiger partial charge in [0.1, 0.15) is 0 Å². The maximum absolute atomic E-state index is 12.4. The zero-order valence-corrected chi connectivity index (χ0v) is 17.6. The summed E-state index contributed by atoms with van der Waals surface area (Å²) < 4.78 is 6.84. The number of hydrogen-bond acceptors (Lipinski definition) is 5. The van der Waals surface area contributed by atoms with Gasteiger partial charge in [0.2, 0.25) is 0 Å². The molecule has 1 aromatic heterocycles. The quantitative estimate of drug-likeness (QED) is 0.726. The van der Waals surface area contributed by atoms with E-state index in [0.717, 1.165) is 54.4 Å². The summed E-state index contributed by atoms with van der Waals surface area (Å²) in [5, 5.41) is 3.10. The van der Waals surface area contributed by atoms with Gasteiger partial charge in [0.25, 0.3) is 0 Å². The summed E-state index contributed by atoms with van der Waals surface area (Å²) in [6, 6.07) is 0. The van der Waals surface area contributed by atoms with Crippen LogP contribution < -0.4 is 13.9 Å². The Morgan fingerprint density at radius 1 is 1.38 bits per heavy atom. The topological polar surface area (TPSA) is 67.3 Å². The fourth-order valence-electron chi connectivity index (χ4n) is 3.09. The summed E-state index contributed by atoms with van der Waals surface area (Å²) in [4.78, 5) is 23.6. The number of nitrogens with one attached hydrogen (secondary N) is 1. The van der Waals surface area contributed by atoms with Gasteiger partial charge in [-0.1, -0.05) is 0 Å². The normalized spacial score (nSPS) is 19.1. The number of amides is 1. The molecule has 1 aromatic rings. The molecular formula is C17H26N4O2Sn. The van der Waals surface area contributed by atoms with Crippen molar-refractivity contribution in [3.8, 4) is 0 Å². The first-order valence-electron chi connectivity index (χ1n) is 8.69. The summed E-state index contributed by atoms with van der Waals surface area (Å²) in [7, 11) is 0. The molecule has 2 radical (unpaired) electrons. The molecule has 2 aliphatic heterocycles. The zero-order valence-electron chi connectivity index (χ0n) is 14.8. The number of aromatic nitrogens is 2. The second-order valence-electron chi connectivity index (χ2n) is 7.55. The third kappa shape index (κ3) is 4.59. The predicted octanol–water partition coefficient (Wildman–Crippen LogP) is 1.60. The molecule has 0 aliphatic carbocycles. The molecule has 7 heteroatoms. The summed E-state index contributed by atoms with van der Waals surface area (Å²) >= 11 is -0.840. The van der Waals surface area contributed by atoms with E-state index in [1.54, 1.807) is 0 Å². The third-order valence-electron chi connectivity index (χ3n) is 4.32. The fraction of sp³-hybridized carbons (Fsp3) is 0.706. The summed E-state index contributed by atoms with van der Waals surface area (Å²) in [6.07, 6.45) is 5.10. The number of carbonyl (C=O) groups is 1. The molecule has 6 nitrogen and oxygen atoms in total. The number of hydrogen-bond donors (Lipinski definition) is 1. The molecule has 24 heavy (non-hydrogen) atoms. The molecule has 0 spiro atoms. The Hall–Kier alpha value is -0.891. The van der Waals surface area contributed by atoms with E-state index < -0.39 is 21.1 Å². The Balaban J connectivity index is 1.74. The molecule has 0 bridgehead atoms. The van der Waals surface area contributed by atoms with Crippen LogP contribution in [0.3, 0.4) is 0 Å². The van der Waals surface area contributed by atoms with Crippen LogP contribution >= 0.6 is 0 Å². The minimum absolute atomic E-state index is 0.0992. The minimum atomic E-state index is -0.840. The number of carbonyl (C=O) groups excluding carboxylic acids is 1. The Bertz CT molecular complexity index is 597. The van der Waals surface area contributed by atoms with E-state index in [-0.39, 0.29) is 5.91 Å². The molecule has 2 aliphatic rings. The van der Waals surface area contributed by atoms with Crippen molar-refractivity contribution in [2.75, 3.05) is 36.5 Å². The predicted molar refractivity (Wildman–Crippen MR) is 96.1 cm³/mol. The maximum atomic E-state index is 12.4. The first kappa shape index (κ1) is 17.9. The van der Waals surface area contributed by atoms with Crippen molar-refractivity contribution in [1.82, 2.24) is 9.97 Å². The van der Waals surface area contributed by atoms with Gasteiger partial charge >= 0.3 is 154 Å². The van der Waals surface area contributed by atoms with Crippen LogP contribution in [-0.4, -0.2) is 63.3 Å². The van der Waals surface area contributed by atoms with Crippen LogP contribution in [0, 0.1) is 5.92 Å². The Morgan fingerprint density at radius 3 is 2.83 bits per heavy atom. The van der Waals surface area contributed by atoms with Crippen molar-refractivity contribution in [2.24, 2.45) is 5.92 Å². The van der Waals surface area contributed by atoms with Crippen LogP contribution in [-0.2, 0) is 9.53 Å². The molecule has 130 valence electrons. The Labute approximate surface area is 154 Å². The molecular weight excluding hydrogens is 411 g/mol. The standard InChI is InChI=1S/C13H17N4O2.C4H9.Sn/c18-11-9-16-12-13(15-5-4-14-12)17(11)6-1-10-2-7-19-8-3-10;1-4(2)3;/h4,10H,1-3,6-9H2,(H,14,16);1-3H3;. The van der Waals surface area contributed by atoms with Gasteiger partial charge in [-0.2, -0.15) is 0 Å². The van der Waals surface area contributed by atoms with Gasteiger partial charge in [-0.15, -0.1) is 0 Å². The first-order chi connectivity index (χ1) is 11.4. The van der Waals surface area contributed by atoms with Crippen LogP contribution in [0.2, 0.25) is 3.43 Å². The molecule has 0 aromatic carbocycles. The number of anilines is 2. The summed E-state index contributed by atoms with van der Waals surface area (Å²) in [5.74, 6) is 2.23.